The maximum Gasteiger partial charge on any atom is 0.322 e. The molecule has 1 unspecified atom stereocenters. The average molecular weight is 269 g/mol. The summed E-state index contributed by atoms with van der Waals surface area (Å²) in [5.74, 6) is -0.304. The Kier molecular flexibility index (Phi) is 2.48. The molecular weight excluding hydrogens is 260 g/mol. The van der Waals surface area contributed by atoms with Crippen molar-refractivity contribution in [3.05, 3.63) is 33.8 Å². The van der Waals surface area contributed by atoms with Crippen LogP contribution in [0.15, 0.2) is 22.7 Å². The third kappa shape index (κ3) is 1.87. The van der Waals surface area contributed by atoms with Crippen LogP contribution in [0.3, 0.4) is 0 Å². The Morgan fingerprint density at radius 1 is 1.33 bits per heavy atom. The molecule has 2 rings (SSSR count). The van der Waals surface area contributed by atoms with E-state index in [1.54, 1.807) is 0 Å². The molecule has 3 amide bonds. The topological polar surface area (TPSA) is 58.2 Å². The van der Waals surface area contributed by atoms with Gasteiger partial charge in [0.05, 0.1) is 0 Å². The van der Waals surface area contributed by atoms with Crippen molar-refractivity contribution >= 4 is 27.9 Å². The third-order valence-corrected chi connectivity index (χ3v) is 3.18. The van der Waals surface area contributed by atoms with Crippen LogP contribution in [0.5, 0.6) is 0 Å². The van der Waals surface area contributed by atoms with Crippen molar-refractivity contribution in [2.45, 2.75) is 13.0 Å². The lowest BCUT2D eigenvalue weighted by Crippen LogP contribution is -2.22. The minimum absolute atomic E-state index is 0.304. The lowest BCUT2D eigenvalue weighted by molar-refractivity contribution is -0.120. The third-order valence-electron chi connectivity index (χ3n) is 2.29. The second kappa shape index (κ2) is 3.66. The van der Waals surface area contributed by atoms with E-state index in [9.17, 15) is 9.59 Å². The Hall–Kier alpha value is -1.36. The highest BCUT2D eigenvalue weighted by molar-refractivity contribution is 9.10. The van der Waals surface area contributed by atoms with E-state index in [1.807, 2.05) is 25.1 Å². The number of nitrogens with one attached hydrogen (secondary N) is 2. The van der Waals surface area contributed by atoms with E-state index in [0.717, 1.165) is 15.6 Å². The summed E-state index contributed by atoms with van der Waals surface area (Å²) in [6.45, 7) is 1.93. The fraction of sp³-hybridized carbons (Fsp3) is 0.200. The zero-order valence-corrected chi connectivity index (χ0v) is 9.59. The molecule has 1 aliphatic rings. The van der Waals surface area contributed by atoms with Gasteiger partial charge in [-0.3, -0.25) is 10.1 Å². The van der Waals surface area contributed by atoms with Gasteiger partial charge in [-0.1, -0.05) is 28.1 Å². The van der Waals surface area contributed by atoms with Crippen LogP contribution < -0.4 is 10.6 Å². The van der Waals surface area contributed by atoms with E-state index in [4.69, 9.17) is 0 Å². The summed E-state index contributed by atoms with van der Waals surface area (Å²) in [4.78, 5) is 22.3. The predicted molar refractivity (Wildman–Crippen MR) is 58.3 cm³/mol. The van der Waals surface area contributed by atoms with E-state index in [1.165, 1.54) is 0 Å². The van der Waals surface area contributed by atoms with Crippen molar-refractivity contribution in [2.24, 2.45) is 0 Å². The van der Waals surface area contributed by atoms with Crippen LogP contribution in [0.1, 0.15) is 17.2 Å². The first-order chi connectivity index (χ1) is 7.08. The van der Waals surface area contributed by atoms with Crippen molar-refractivity contribution in [2.75, 3.05) is 0 Å². The molecule has 0 aromatic heterocycles. The van der Waals surface area contributed by atoms with Crippen LogP contribution in [-0.2, 0) is 4.79 Å². The molecule has 15 heavy (non-hydrogen) atoms. The zero-order valence-electron chi connectivity index (χ0n) is 8.00. The van der Waals surface area contributed by atoms with Gasteiger partial charge >= 0.3 is 6.03 Å². The molecule has 1 fully saturated rings. The van der Waals surface area contributed by atoms with Crippen molar-refractivity contribution in [3.63, 3.8) is 0 Å². The van der Waals surface area contributed by atoms with Crippen molar-refractivity contribution in [1.82, 2.24) is 10.6 Å². The van der Waals surface area contributed by atoms with E-state index < -0.39 is 12.1 Å². The quantitative estimate of drug-likeness (QED) is 0.761. The van der Waals surface area contributed by atoms with Gasteiger partial charge in [-0.05, 0) is 24.1 Å². The van der Waals surface area contributed by atoms with Crippen molar-refractivity contribution in [1.29, 1.82) is 0 Å². The number of carbonyl (C=O) groups excluding carboxylic acids is 2. The predicted octanol–water partition coefficient (Wildman–Crippen LogP) is 1.64. The highest BCUT2D eigenvalue weighted by atomic mass is 79.9. The standard InChI is InChI=1S/C10H9BrN2O2/c1-5-4-6(2-3-7(5)11)8-9(14)13-10(15)12-8/h2-4,8H,1H3,(H2,12,13,14,15). The zero-order chi connectivity index (χ0) is 11.0. The number of aryl methyl sites for hydroxylation is 1. The van der Waals surface area contributed by atoms with Gasteiger partial charge in [-0.15, -0.1) is 0 Å². The second-order valence-electron chi connectivity index (χ2n) is 3.40. The van der Waals surface area contributed by atoms with Gasteiger partial charge in [0, 0.05) is 4.47 Å². The van der Waals surface area contributed by atoms with Crippen LogP contribution >= 0.6 is 15.9 Å². The molecule has 0 radical (unpaired) electrons. The average Bonchev–Trinajstić information content (AvgIpc) is 2.50. The van der Waals surface area contributed by atoms with Gasteiger partial charge in [0.1, 0.15) is 6.04 Å². The summed E-state index contributed by atoms with van der Waals surface area (Å²) in [6.07, 6.45) is 0. The minimum atomic E-state index is -0.565. The first kappa shape index (κ1) is 10.2. The maximum absolute atomic E-state index is 11.4. The Morgan fingerprint density at radius 2 is 2.07 bits per heavy atom. The van der Waals surface area contributed by atoms with E-state index in [0.29, 0.717) is 0 Å². The molecule has 78 valence electrons. The number of urea groups is 1. The van der Waals surface area contributed by atoms with E-state index in [2.05, 4.69) is 26.6 Å². The van der Waals surface area contributed by atoms with Crippen LogP contribution in [0.25, 0.3) is 0 Å². The second-order valence-corrected chi connectivity index (χ2v) is 4.26. The Balaban J connectivity index is 2.34. The number of benzene rings is 1. The monoisotopic (exact) mass is 268 g/mol. The Labute approximate surface area is 95.2 Å². The smallest absolute Gasteiger partial charge is 0.322 e. The molecule has 5 heteroatoms. The normalized spacial score (nSPS) is 20.0. The van der Waals surface area contributed by atoms with Crippen molar-refractivity contribution in [3.8, 4) is 0 Å². The van der Waals surface area contributed by atoms with E-state index in [-0.39, 0.29) is 5.91 Å². The fourth-order valence-electron chi connectivity index (χ4n) is 1.50. The largest absolute Gasteiger partial charge is 0.322 e. The summed E-state index contributed by atoms with van der Waals surface area (Å²) in [5.41, 5.74) is 1.82. The highest BCUT2D eigenvalue weighted by Crippen LogP contribution is 2.22. The lowest BCUT2D eigenvalue weighted by Gasteiger charge is -2.08. The SMILES string of the molecule is Cc1cc(C2NC(=O)NC2=O)ccc1Br. The summed E-state index contributed by atoms with van der Waals surface area (Å²) >= 11 is 3.38. The summed E-state index contributed by atoms with van der Waals surface area (Å²) in [7, 11) is 0. The first-order valence-corrected chi connectivity index (χ1v) is 5.24. The van der Waals surface area contributed by atoms with Gasteiger partial charge in [-0.25, -0.2) is 4.79 Å². The number of rotatable bonds is 1. The number of amides is 3. The Bertz CT molecular complexity index is 445. The number of halogens is 1. The van der Waals surface area contributed by atoms with Gasteiger partial charge in [0.15, 0.2) is 0 Å². The molecule has 0 saturated carbocycles. The van der Waals surface area contributed by atoms with Crippen LogP contribution in [0.2, 0.25) is 0 Å². The number of hydrogen-bond donors (Lipinski definition) is 2. The molecule has 1 saturated heterocycles. The molecule has 4 nitrogen and oxygen atoms in total. The van der Waals surface area contributed by atoms with Gasteiger partial charge in [-0.2, -0.15) is 0 Å². The number of carbonyl (C=O) groups is 2. The molecular formula is C10H9BrN2O2. The van der Waals surface area contributed by atoms with E-state index >= 15 is 0 Å². The van der Waals surface area contributed by atoms with Crippen LogP contribution in [-0.4, -0.2) is 11.9 Å². The van der Waals surface area contributed by atoms with Gasteiger partial charge < -0.3 is 5.32 Å². The van der Waals surface area contributed by atoms with Crippen LogP contribution in [0.4, 0.5) is 4.79 Å². The molecule has 0 bridgehead atoms. The molecule has 1 atom stereocenters. The molecule has 0 spiro atoms. The molecule has 0 aliphatic carbocycles. The summed E-state index contributed by atoms with van der Waals surface area (Å²) in [6, 6.07) is 4.55. The number of imide groups is 1. The van der Waals surface area contributed by atoms with Crippen molar-refractivity contribution < 1.29 is 9.59 Å². The first-order valence-electron chi connectivity index (χ1n) is 4.45. The summed E-state index contributed by atoms with van der Waals surface area (Å²) < 4.78 is 0.982. The van der Waals surface area contributed by atoms with Gasteiger partial charge in [0.25, 0.3) is 5.91 Å². The lowest BCUT2D eigenvalue weighted by atomic mass is 10.1. The molecule has 2 N–H and O–H groups in total. The molecule has 1 aliphatic heterocycles. The minimum Gasteiger partial charge on any atom is -0.322 e. The number of hydrogen-bond acceptors (Lipinski definition) is 2. The van der Waals surface area contributed by atoms with Gasteiger partial charge in [0.2, 0.25) is 0 Å². The molecule has 1 heterocycles. The highest BCUT2D eigenvalue weighted by Gasteiger charge is 2.30. The summed E-state index contributed by atoms with van der Waals surface area (Å²) in [5, 5.41) is 4.75. The molecule has 1 aromatic rings. The molecule has 1 aromatic carbocycles. The fourth-order valence-corrected chi connectivity index (χ4v) is 1.75. The van der Waals surface area contributed by atoms with Crippen LogP contribution in [0, 0.1) is 6.92 Å². The Morgan fingerprint density at radius 3 is 2.60 bits per heavy atom. The maximum atomic E-state index is 11.4.